The molecule has 1 aliphatic rings. The molecule has 0 amide bonds. The number of benzene rings is 4. The highest BCUT2D eigenvalue weighted by molar-refractivity contribution is 6.72. The van der Waals surface area contributed by atoms with Gasteiger partial charge in [-0.3, -0.25) is 24.6 Å². The van der Waals surface area contributed by atoms with Gasteiger partial charge in [-0.25, -0.2) is 0 Å². The zero-order valence-corrected chi connectivity index (χ0v) is 29.5. The van der Waals surface area contributed by atoms with Gasteiger partial charge in [-0.05, 0) is 45.9 Å². The number of Topliss-reactive ketones (excluding diaryl/α,β-unsaturated/α-hetero) is 2. The smallest absolute Gasteiger partial charge is 0.212 e. The Bertz CT molecular complexity index is 1830. The van der Waals surface area contributed by atoms with E-state index in [9.17, 15) is 9.59 Å². The van der Waals surface area contributed by atoms with Gasteiger partial charge in [-0.15, -0.1) is 0 Å². The molecule has 4 aromatic carbocycles. The van der Waals surface area contributed by atoms with E-state index in [2.05, 4.69) is 91.8 Å². The highest BCUT2D eigenvalue weighted by atomic mass is 16.1. The molecule has 0 saturated carbocycles. The lowest BCUT2D eigenvalue weighted by Gasteiger charge is -2.26. The number of hydrogen-bond acceptors (Lipinski definition) is 5. The van der Waals surface area contributed by atoms with Crippen LogP contribution in [0.3, 0.4) is 0 Å². The summed E-state index contributed by atoms with van der Waals surface area (Å²) in [7, 11) is 0. The number of ketones is 2. The lowest BCUT2D eigenvalue weighted by Crippen LogP contribution is -2.41. The molecule has 1 atom stereocenters. The number of carbonyl (C=O) groups is 2. The van der Waals surface area contributed by atoms with Gasteiger partial charge in [0.05, 0.1) is 22.8 Å². The van der Waals surface area contributed by atoms with Crippen molar-refractivity contribution in [1.82, 2.24) is 0 Å². The molecule has 0 spiro atoms. The van der Waals surface area contributed by atoms with Gasteiger partial charge in [-0.1, -0.05) is 152 Å². The summed E-state index contributed by atoms with van der Waals surface area (Å²) >= 11 is 0. The lowest BCUT2D eigenvalue weighted by molar-refractivity contribution is 0.0984. The molecule has 1 aliphatic heterocycles. The fourth-order valence-electron chi connectivity index (χ4n) is 6.27. The van der Waals surface area contributed by atoms with Crippen molar-refractivity contribution >= 4 is 40.1 Å². The summed E-state index contributed by atoms with van der Waals surface area (Å²) < 4.78 is 0. The summed E-state index contributed by atoms with van der Waals surface area (Å²) in [6.07, 6.45) is 0.217. The summed E-state index contributed by atoms with van der Waals surface area (Å²) in [5.41, 5.74) is 8.54. The fraction of sp³-hybridized carbons (Fsp3) is 0.326. The van der Waals surface area contributed by atoms with E-state index in [1.165, 1.54) is 0 Å². The summed E-state index contributed by atoms with van der Waals surface area (Å²) in [6.45, 7) is 17.3. The van der Waals surface area contributed by atoms with E-state index in [0.717, 1.165) is 33.6 Å². The average molecular weight is 638 g/mol. The van der Waals surface area contributed by atoms with Gasteiger partial charge < -0.3 is 0 Å². The first-order valence-electron chi connectivity index (χ1n) is 17.2. The maximum atomic E-state index is 14.4. The number of para-hydroxylation sites is 2. The van der Waals surface area contributed by atoms with Crippen LogP contribution < -0.4 is 0 Å². The van der Waals surface area contributed by atoms with E-state index < -0.39 is 6.04 Å². The molecule has 4 aromatic rings. The highest BCUT2D eigenvalue weighted by Crippen LogP contribution is 2.38. The van der Waals surface area contributed by atoms with Gasteiger partial charge in [0.2, 0.25) is 5.78 Å². The van der Waals surface area contributed by atoms with Crippen LogP contribution in [0.25, 0.3) is 0 Å². The van der Waals surface area contributed by atoms with Crippen LogP contribution in [0, 0.1) is 0 Å². The van der Waals surface area contributed by atoms with Crippen molar-refractivity contribution in [2.24, 2.45) is 15.0 Å². The van der Waals surface area contributed by atoms with Crippen molar-refractivity contribution in [3.63, 3.8) is 0 Å². The van der Waals surface area contributed by atoms with Crippen molar-refractivity contribution in [3.8, 4) is 0 Å². The molecule has 1 heterocycles. The predicted octanol–water partition coefficient (Wildman–Crippen LogP) is 11.0. The minimum absolute atomic E-state index is 0.190. The molecule has 0 aliphatic carbocycles. The first-order chi connectivity index (χ1) is 23.0. The van der Waals surface area contributed by atoms with Crippen molar-refractivity contribution in [2.75, 3.05) is 0 Å². The molecule has 0 aromatic heterocycles. The molecule has 0 saturated heterocycles. The van der Waals surface area contributed by atoms with Gasteiger partial charge in [0.1, 0.15) is 5.71 Å². The number of rotatable bonds is 10. The van der Waals surface area contributed by atoms with Gasteiger partial charge in [0, 0.05) is 17.5 Å². The zero-order chi connectivity index (χ0) is 34.5. The van der Waals surface area contributed by atoms with E-state index in [1.807, 2.05) is 36.4 Å². The summed E-state index contributed by atoms with van der Waals surface area (Å²) in [4.78, 5) is 44.4. The molecule has 0 bridgehead atoms. The molecule has 0 radical (unpaired) electrons. The number of hydrogen-bond donors (Lipinski definition) is 0. The first kappa shape index (κ1) is 34.6. The maximum absolute atomic E-state index is 14.4. The van der Waals surface area contributed by atoms with Crippen LogP contribution in [-0.2, 0) is 0 Å². The Morgan fingerprint density at radius 1 is 0.562 bits per heavy atom. The van der Waals surface area contributed by atoms with Crippen LogP contribution >= 0.6 is 0 Å². The normalized spacial score (nSPS) is 16.8. The molecule has 0 fully saturated rings. The molecule has 0 N–H and O–H groups in total. The van der Waals surface area contributed by atoms with E-state index in [1.54, 1.807) is 24.3 Å². The first-order valence-corrected chi connectivity index (χ1v) is 17.2. The molecule has 1 unspecified atom stereocenters. The minimum Gasteiger partial charge on any atom is -0.291 e. The van der Waals surface area contributed by atoms with Crippen molar-refractivity contribution in [3.05, 3.63) is 130 Å². The number of aliphatic imine (C=N–C) groups is 3. The van der Waals surface area contributed by atoms with E-state index in [4.69, 9.17) is 15.0 Å². The van der Waals surface area contributed by atoms with Crippen LogP contribution in [0.15, 0.2) is 112 Å². The molecule has 5 nitrogen and oxygen atoms in total. The lowest BCUT2D eigenvalue weighted by atomic mass is 9.88. The van der Waals surface area contributed by atoms with Gasteiger partial charge in [0.15, 0.2) is 11.8 Å². The second-order valence-electron chi connectivity index (χ2n) is 13.8. The third kappa shape index (κ3) is 7.36. The van der Waals surface area contributed by atoms with Crippen LogP contribution in [-0.4, -0.2) is 34.7 Å². The van der Waals surface area contributed by atoms with Crippen molar-refractivity contribution in [2.45, 2.75) is 91.5 Å². The molecule has 5 rings (SSSR count). The zero-order valence-electron chi connectivity index (χ0n) is 29.5. The Hall–Kier alpha value is -4.77. The summed E-state index contributed by atoms with van der Waals surface area (Å²) in [6, 6.07) is 30.0. The SMILES string of the molecule is CC(C)c1cccc(C(C)C)c1N=C1CC(=Nc2c(C(C)C)cccc2C(C)C)C(C(=O)c2ccccc2)N=C1C(=O)c1ccccc1. The Morgan fingerprint density at radius 3 is 1.42 bits per heavy atom. The second kappa shape index (κ2) is 15.0. The summed E-state index contributed by atoms with van der Waals surface area (Å²) in [5, 5.41) is 0. The predicted molar refractivity (Wildman–Crippen MR) is 201 cm³/mol. The average Bonchev–Trinajstić information content (AvgIpc) is 3.08. The van der Waals surface area contributed by atoms with Crippen LogP contribution in [0.5, 0.6) is 0 Å². The van der Waals surface area contributed by atoms with Crippen molar-refractivity contribution < 1.29 is 9.59 Å². The maximum Gasteiger partial charge on any atom is 0.212 e. The molecule has 246 valence electrons. The Labute approximate surface area is 286 Å². The Morgan fingerprint density at radius 2 is 0.979 bits per heavy atom. The fourth-order valence-corrected chi connectivity index (χ4v) is 6.27. The van der Waals surface area contributed by atoms with E-state index in [-0.39, 0.29) is 47.4 Å². The van der Waals surface area contributed by atoms with Crippen LogP contribution in [0.4, 0.5) is 11.4 Å². The largest absolute Gasteiger partial charge is 0.291 e. The number of nitrogens with zero attached hydrogens (tertiary/aromatic N) is 3. The third-order valence-corrected chi connectivity index (χ3v) is 8.94. The van der Waals surface area contributed by atoms with Gasteiger partial charge >= 0.3 is 0 Å². The molecule has 48 heavy (non-hydrogen) atoms. The van der Waals surface area contributed by atoms with Crippen molar-refractivity contribution in [1.29, 1.82) is 0 Å². The van der Waals surface area contributed by atoms with Crippen LogP contribution in [0.2, 0.25) is 0 Å². The van der Waals surface area contributed by atoms with Gasteiger partial charge in [-0.2, -0.15) is 0 Å². The van der Waals surface area contributed by atoms with E-state index >= 15 is 0 Å². The molecule has 5 heteroatoms. The molecular formula is C43H47N3O2. The second-order valence-corrected chi connectivity index (χ2v) is 13.8. The quantitative estimate of drug-likeness (QED) is 0.162. The Balaban J connectivity index is 1.84. The molecular weight excluding hydrogens is 590 g/mol. The standard InChI is InChI=1S/C43H47N3O2/c1-26(2)32-21-15-22-33(27(3)4)38(32)44-36-25-37(45-39-34(28(5)6)23-16-24-35(39)29(7)8)41(43(48)31-19-13-10-14-20-31)46-40(36)42(47)30-17-11-9-12-18-30/h9-24,26-29,40H,25H2,1-8H3. The minimum atomic E-state index is -0.973. The van der Waals surface area contributed by atoms with E-state index in [0.29, 0.717) is 22.6 Å². The topological polar surface area (TPSA) is 71.2 Å². The number of carbonyl (C=O) groups excluding carboxylic acids is 2. The van der Waals surface area contributed by atoms with Gasteiger partial charge in [0.25, 0.3) is 0 Å². The van der Waals surface area contributed by atoms with Crippen LogP contribution in [0.1, 0.15) is 128 Å². The Kier molecular flexibility index (Phi) is 10.8. The monoisotopic (exact) mass is 637 g/mol. The highest BCUT2D eigenvalue weighted by Gasteiger charge is 2.36. The summed E-state index contributed by atoms with van der Waals surface area (Å²) in [5.74, 6) is 0.414. The third-order valence-electron chi connectivity index (χ3n) is 8.94.